The molecule has 1 amide bonds. The number of aryl methyl sites for hydroxylation is 1. The highest BCUT2D eigenvalue weighted by molar-refractivity contribution is 5.92. The molecule has 4 heterocycles. The van der Waals surface area contributed by atoms with Crippen LogP contribution in [0.1, 0.15) is 29.1 Å². The second-order valence-electron chi connectivity index (χ2n) is 7.48. The number of rotatable bonds is 4. The summed E-state index contributed by atoms with van der Waals surface area (Å²) in [5.74, 6) is 1.40. The van der Waals surface area contributed by atoms with Crippen molar-refractivity contribution in [2.75, 3.05) is 33.3 Å². The van der Waals surface area contributed by atoms with E-state index in [4.69, 9.17) is 9.26 Å². The highest BCUT2D eigenvalue weighted by atomic mass is 16.5. The van der Waals surface area contributed by atoms with E-state index in [2.05, 4.69) is 22.1 Å². The first-order chi connectivity index (χ1) is 12.6. The van der Waals surface area contributed by atoms with Crippen LogP contribution < -0.4 is 4.74 Å². The summed E-state index contributed by atoms with van der Waals surface area (Å²) in [5, 5.41) is 3.81. The van der Waals surface area contributed by atoms with Crippen LogP contribution in [0.3, 0.4) is 0 Å². The molecule has 26 heavy (non-hydrogen) atoms. The molecule has 0 saturated carbocycles. The summed E-state index contributed by atoms with van der Waals surface area (Å²) in [7, 11) is 2.15. The number of pyridine rings is 1. The van der Waals surface area contributed by atoms with Crippen molar-refractivity contribution in [1.82, 2.24) is 19.9 Å². The Kier molecular flexibility index (Phi) is 4.40. The third kappa shape index (κ3) is 3.19. The van der Waals surface area contributed by atoms with Crippen molar-refractivity contribution < 1.29 is 14.1 Å². The van der Waals surface area contributed by atoms with Gasteiger partial charge in [0.1, 0.15) is 0 Å². The first kappa shape index (κ1) is 17.0. The molecule has 2 aliphatic rings. The van der Waals surface area contributed by atoms with E-state index in [0.29, 0.717) is 24.2 Å². The van der Waals surface area contributed by atoms with Gasteiger partial charge in [-0.3, -0.25) is 9.69 Å². The highest BCUT2D eigenvalue weighted by Gasteiger charge is 2.51. The third-order valence-corrected chi connectivity index (χ3v) is 5.55. The maximum Gasteiger partial charge on any atom is 0.292 e. The number of likely N-dealkylation sites (tertiary alicyclic amines) is 2. The van der Waals surface area contributed by atoms with E-state index in [-0.39, 0.29) is 11.4 Å². The first-order valence-electron chi connectivity index (χ1n) is 9.03. The average molecular weight is 356 g/mol. The maximum absolute atomic E-state index is 12.5. The molecule has 1 unspecified atom stereocenters. The van der Waals surface area contributed by atoms with Gasteiger partial charge in [-0.15, -0.1) is 0 Å². The zero-order valence-electron chi connectivity index (χ0n) is 15.2. The molecule has 0 aliphatic carbocycles. The molecule has 2 saturated heterocycles. The van der Waals surface area contributed by atoms with Crippen molar-refractivity contribution in [3.8, 4) is 5.88 Å². The second-order valence-corrected chi connectivity index (χ2v) is 7.48. The predicted octanol–water partition coefficient (Wildman–Crippen LogP) is 1.99. The van der Waals surface area contributed by atoms with Crippen molar-refractivity contribution >= 4 is 5.91 Å². The molecule has 1 spiro atoms. The number of piperidine rings is 1. The Bertz CT molecular complexity index is 770. The van der Waals surface area contributed by atoms with Gasteiger partial charge in [0.25, 0.3) is 5.91 Å². The number of carbonyl (C=O) groups excluding carboxylic acids is 1. The number of amides is 1. The van der Waals surface area contributed by atoms with E-state index < -0.39 is 0 Å². The van der Waals surface area contributed by atoms with Gasteiger partial charge in [0.05, 0.1) is 17.8 Å². The Hall–Kier alpha value is -2.41. The fraction of sp³-hybridized carbons (Fsp3) is 0.526. The summed E-state index contributed by atoms with van der Waals surface area (Å²) in [4.78, 5) is 21.0. The fourth-order valence-electron chi connectivity index (χ4n) is 3.99. The summed E-state index contributed by atoms with van der Waals surface area (Å²) in [6, 6.07) is 7.39. The van der Waals surface area contributed by atoms with E-state index in [1.54, 1.807) is 12.3 Å². The van der Waals surface area contributed by atoms with Crippen LogP contribution in [0.15, 0.2) is 35.0 Å². The van der Waals surface area contributed by atoms with Gasteiger partial charge >= 0.3 is 0 Å². The van der Waals surface area contributed by atoms with Crippen LogP contribution in [0.2, 0.25) is 0 Å². The molecule has 138 valence electrons. The Morgan fingerprint density at radius 3 is 2.96 bits per heavy atom. The standard InChI is InChI=1S/C19H24N4O3/c1-14-9-16(26-21-14)18(24)23-12-19(13-23)10-15(6-8-22(19)2)11-25-17-5-3-4-7-20-17/h3-5,7,9,15H,6,8,10-13H2,1-2H3. The lowest BCUT2D eigenvalue weighted by molar-refractivity contribution is -0.0705. The molecule has 0 radical (unpaired) electrons. The Balaban J connectivity index is 1.35. The van der Waals surface area contributed by atoms with Crippen molar-refractivity contribution in [2.45, 2.75) is 25.3 Å². The molecule has 1 atom stereocenters. The van der Waals surface area contributed by atoms with Crippen LogP contribution in [0, 0.1) is 12.8 Å². The van der Waals surface area contributed by atoms with Crippen LogP contribution >= 0.6 is 0 Å². The number of hydrogen-bond acceptors (Lipinski definition) is 6. The molecular weight excluding hydrogens is 332 g/mol. The minimum Gasteiger partial charge on any atom is -0.477 e. The SMILES string of the molecule is Cc1cc(C(=O)N2CC3(CC(COc4ccccn4)CCN3C)C2)on1. The molecule has 7 heteroatoms. The zero-order valence-corrected chi connectivity index (χ0v) is 15.2. The molecule has 2 fully saturated rings. The lowest BCUT2D eigenvalue weighted by Gasteiger charge is -2.58. The van der Waals surface area contributed by atoms with E-state index in [9.17, 15) is 4.79 Å². The smallest absolute Gasteiger partial charge is 0.292 e. The Morgan fingerprint density at radius 1 is 1.42 bits per heavy atom. The third-order valence-electron chi connectivity index (χ3n) is 5.55. The van der Waals surface area contributed by atoms with Crippen molar-refractivity contribution in [1.29, 1.82) is 0 Å². The van der Waals surface area contributed by atoms with Gasteiger partial charge < -0.3 is 14.2 Å². The Morgan fingerprint density at radius 2 is 2.27 bits per heavy atom. The van der Waals surface area contributed by atoms with Gasteiger partial charge in [-0.05, 0) is 45.3 Å². The lowest BCUT2D eigenvalue weighted by Crippen LogP contribution is -2.72. The molecule has 0 bridgehead atoms. The number of aromatic nitrogens is 2. The normalized spacial score (nSPS) is 22.2. The molecule has 0 aromatic carbocycles. The van der Waals surface area contributed by atoms with Crippen LogP contribution in [0.5, 0.6) is 5.88 Å². The summed E-state index contributed by atoms with van der Waals surface area (Å²) in [6.45, 7) is 4.95. The van der Waals surface area contributed by atoms with Crippen LogP contribution in [-0.4, -0.2) is 64.7 Å². The van der Waals surface area contributed by atoms with Gasteiger partial charge in [0.2, 0.25) is 11.6 Å². The number of ether oxygens (including phenoxy) is 1. The fourth-order valence-corrected chi connectivity index (χ4v) is 3.99. The van der Waals surface area contributed by atoms with Gasteiger partial charge in [-0.1, -0.05) is 11.2 Å². The largest absolute Gasteiger partial charge is 0.477 e. The van der Waals surface area contributed by atoms with E-state index in [0.717, 1.165) is 38.2 Å². The van der Waals surface area contributed by atoms with E-state index >= 15 is 0 Å². The summed E-state index contributed by atoms with van der Waals surface area (Å²) in [5.41, 5.74) is 0.770. The van der Waals surface area contributed by atoms with Crippen LogP contribution in [0.25, 0.3) is 0 Å². The molecule has 2 aromatic rings. The predicted molar refractivity (Wildman–Crippen MR) is 95.0 cm³/mol. The summed E-state index contributed by atoms with van der Waals surface area (Å²) >= 11 is 0. The van der Waals surface area contributed by atoms with Crippen LogP contribution in [-0.2, 0) is 0 Å². The molecule has 0 N–H and O–H groups in total. The van der Waals surface area contributed by atoms with Gasteiger partial charge in [-0.25, -0.2) is 4.98 Å². The highest BCUT2D eigenvalue weighted by Crippen LogP contribution is 2.39. The topological polar surface area (TPSA) is 71.7 Å². The quantitative estimate of drug-likeness (QED) is 0.834. The van der Waals surface area contributed by atoms with Crippen molar-refractivity contribution in [3.63, 3.8) is 0 Å². The molecule has 4 rings (SSSR count). The number of hydrogen-bond donors (Lipinski definition) is 0. The minimum atomic E-state index is -0.0727. The monoisotopic (exact) mass is 356 g/mol. The van der Waals surface area contributed by atoms with Crippen molar-refractivity contribution in [2.24, 2.45) is 5.92 Å². The Labute approximate surface area is 152 Å². The maximum atomic E-state index is 12.5. The zero-order chi connectivity index (χ0) is 18.1. The second kappa shape index (κ2) is 6.72. The molecular formula is C19H24N4O3. The molecule has 7 nitrogen and oxygen atoms in total. The van der Waals surface area contributed by atoms with Gasteiger partial charge in [-0.2, -0.15) is 0 Å². The summed E-state index contributed by atoms with van der Waals surface area (Å²) < 4.78 is 11.0. The van der Waals surface area contributed by atoms with E-state index in [1.807, 2.05) is 30.0 Å². The number of carbonyl (C=O) groups is 1. The summed E-state index contributed by atoms with van der Waals surface area (Å²) in [6.07, 6.45) is 3.86. The molecule has 2 aromatic heterocycles. The van der Waals surface area contributed by atoms with Gasteiger partial charge in [0.15, 0.2) is 0 Å². The average Bonchev–Trinajstić information content (AvgIpc) is 3.06. The van der Waals surface area contributed by atoms with Crippen LogP contribution in [0.4, 0.5) is 0 Å². The first-order valence-corrected chi connectivity index (χ1v) is 9.03. The minimum absolute atomic E-state index is 0.0428. The van der Waals surface area contributed by atoms with Gasteiger partial charge in [0, 0.05) is 31.4 Å². The lowest BCUT2D eigenvalue weighted by atomic mass is 9.75. The number of likely N-dealkylation sites (N-methyl/N-ethyl adjacent to an activating group) is 1. The molecule has 2 aliphatic heterocycles. The number of nitrogens with zero attached hydrogens (tertiary/aromatic N) is 4. The van der Waals surface area contributed by atoms with E-state index in [1.165, 1.54) is 0 Å². The van der Waals surface area contributed by atoms with Crippen molar-refractivity contribution in [3.05, 3.63) is 41.9 Å².